The van der Waals surface area contributed by atoms with Crippen LogP contribution in [0.3, 0.4) is 0 Å². The summed E-state index contributed by atoms with van der Waals surface area (Å²) in [5, 5.41) is 3.68. The molecule has 1 heteroatoms. The van der Waals surface area contributed by atoms with E-state index in [9.17, 15) is 0 Å². The summed E-state index contributed by atoms with van der Waals surface area (Å²) in [6.45, 7) is 10.4. The minimum atomic E-state index is 0.390. The summed E-state index contributed by atoms with van der Waals surface area (Å²) in [5.41, 5.74) is 3.38. The number of hydrogen-bond acceptors (Lipinski definition) is 1. The van der Waals surface area contributed by atoms with Crippen molar-refractivity contribution in [2.75, 3.05) is 6.54 Å². The Kier molecular flexibility index (Phi) is 3.58. The highest BCUT2D eigenvalue weighted by Crippen LogP contribution is 2.53. The molecule has 1 nitrogen and oxygen atoms in total. The highest BCUT2D eigenvalue weighted by Gasteiger charge is 2.48. The lowest BCUT2D eigenvalue weighted by Crippen LogP contribution is -2.55. The molecule has 1 aromatic rings. The summed E-state index contributed by atoms with van der Waals surface area (Å²) in [4.78, 5) is 0. The van der Waals surface area contributed by atoms with Crippen molar-refractivity contribution >= 4 is 0 Å². The zero-order chi connectivity index (χ0) is 12.5. The van der Waals surface area contributed by atoms with E-state index < -0.39 is 0 Å². The molecule has 2 atom stereocenters. The lowest BCUT2D eigenvalue weighted by molar-refractivity contribution is 0.0691. The Morgan fingerprint density at radius 3 is 2.59 bits per heavy atom. The number of aryl methyl sites for hydroxylation is 1. The molecule has 0 aromatic heterocycles. The van der Waals surface area contributed by atoms with Crippen LogP contribution in [0.2, 0.25) is 0 Å². The first-order valence-electron chi connectivity index (χ1n) is 6.86. The molecule has 1 aliphatic rings. The van der Waals surface area contributed by atoms with Gasteiger partial charge < -0.3 is 5.32 Å². The van der Waals surface area contributed by atoms with Gasteiger partial charge in [0.1, 0.15) is 0 Å². The summed E-state index contributed by atoms with van der Waals surface area (Å²) in [6, 6.07) is 9.53. The molecule has 0 bridgehead atoms. The molecule has 1 N–H and O–H groups in total. The molecule has 0 heterocycles. The molecular weight excluding hydrogens is 206 g/mol. The SMILES string of the molecule is CCCNC1CC(c2ccccc2C)C1(C)C. The third kappa shape index (κ3) is 2.26. The van der Waals surface area contributed by atoms with Gasteiger partial charge in [-0.25, -0.2) is 0 Å². The van der Waals surface area contributed by atoms with Crippen molar-refractivity contribution in [3.8, 4) is 0 Å². The Morgan fingerprint density at radius 2 is 2.00 bits per heavy atom. The maximum Gasteiger partial charge on any atom is 0.0130 e. The first-order valence-corrected chi connectivity index (χ1v) is 6.86. The molecule has 1 aliphatic carbocycles. The van der Waals surface area contributed by atoms with Gasteiger partial charge in [0.05, 0.1) is 0 Å². The fraction of sp³-hybridized carbons (Fsp3) is 0.625. The molecule has 0 spiro atoms. The molecule has 2 rings (SSSR count). The van der Waals surface area contributed by atoms with Crippen LogP contribution in [0.1, 0.15) is 50.7 Å². The molecule has 0 amide bonds. The van der Waals surface area contributed by atoms with Crippen molar-refractivity contribution in [1.29, 1.82) is 0 Å². The van der Waals surface area contributed by atoms with Crippen LogP contribution in [0.4, 0.5) is 0 Å². The Hall–Kier alpha value is -0.820. The highest BCUT2D eigenvalue weighted by molar-refractivity contribution is 5.34. The fourth-order valence-corrected chi connectivity index (χ4v) is 3.10. The summed E-state index contributed by atoms with van der Waals surface area (Å²) in [6.07, 6.45) is 2.51. The molecule has 0 saturated heterocycles. The second-order valence-electron chi connectivity index (χ2n) is 5.97. The van der Waals surface area contributed by atoms with E-state index in [-0.39, 0.29) is 0 Å². The summed E-state index contributed by atoms with van der Waals surface area (Å²) < 4.78 is 0. The van der Waals surface area contributed by atoms with Crippen molar-refractivity contribution < 1.29 is 0 Å². The van der Waals surface area contributed by atoms with Gasteiger partial charge in [0.25, 0.3) is 0 Å². The first kappa shape index (κ1) is 12.6. The van der Waals surface area contributed by atoms with E-state index in [0.29, 0.717) is 11.5 Å². The van der Waals surface area contributed by atoms with Crippen LogP contribution in [0.5, 0.6) is 0 Å². The van der Waals surface area contributed by atoms with Gasteiger partial charge in [-0.05, 0) is 48.8 Å². The van der Waals surface area contributed by atoms with Crippen LogP contribution < -0.4 is 5.32 Å². The van der Waals surface area contributed by atoms with Crippen molar-refractivity contribution in [3.63, 3.8) is 0 Å². The van der Waals surface area contributed by atoms with E-state index in [0.717, 1.165) is 12.5 Å². The van der Waals surface area contributed by atoms with Crippen LogP contribution in [0.15, 0.2) is 24.3 Å². The van der Waals surface area contributed by atoms with Crippen LogP contribution in [-0.2, 0) is 0 Å². The van der Waals surface area contributed by atoms with Crippen LogP contribution in [0.25, 0.3) is 0 Å². The molecule has 17 heavy (non-hydrogen) atoms. The quantitative estimate of drug-likeness (QED) is 0.829. The number of benzene rings is 1. The van der Waals surface area contributed by atoms with Crippen LogP contribution in [-0.4, -0.2) is 12.6 Å². The fourth-order valence-electron chi connectivity index (χ4n) is 3.10. The van der Waals surface area contributed by atoms with E-state index in [1.807, 2.05) is 0 Å². The summed E-state index contributed by atoms with van der Waals surface area (Å²) >= 11 is 0. The monoisotopic (exact) mass is 231 g/mol. The molecule has 0 radical (unpaired) electrons. The lowest BCUT2D eigenvalue weighted by Gasteiger charge is -2.53. The molecular formula is C16H25N. The second kappa shape index (κ2) is 4.81. The minimum absolute atomic E-state index is 0.390. The molecule has 0 aliphatic heterocycles. The van der Waals surface area contributed by atoms with Gasteiger partial charge in [0.15, 0.2) is 0 Å². The Bertz CT molecular complexity index is 381. The maximum atomic E-state index is 3.68. The zero-order valence-electron chi connectivity index (χ0n) is 11.6. The largest absolute Gasteiger partial charge is 0.313 e. The summed E-state index contributed by atoms with van der Waals surface area (Å²) in [5.74, 6) is 0.720. The maximum absolute atomic E-state index is 3.68. The standard InChI is InChI=1S/C16H25N/c1-5-10-17-15-11-14(16(15,3)4)13-9-7-6-8-12(13)2/h6-9,14-15,17H,5,10-11H2,1-4H3. The predicted octanol–water partition coefficient (Wildman–Crippen LogP) is 3.88. The molecule has 94 valence electrons. The second-order valence-corrected chi connectivity index (χ2v) is 5.97. The van der Waals surface area contributed by atoms with Crippen molar-refractivity contribution in [1.82, 2.24) is 5.32 Å². The van der Waals surface area contributed by atoms with E-state index in [2.05, 4.69) is 57.3 Å². The average Bonchev–Trinajstić information content (AvgIpc) is 2.30. The van der Waals surface area contributed by atoms with Gasteiger partial charge in [-0.2, -0.15) is 0 Å². The molecule has 1 aromatic carbocycles. The van der Waals surface area contributed by atoms with Gasteiger partial charge in [-0.1, -0.05) is 45.0 Å². The van der Waals surface area contributed by atoms with E-state index in [1.54, 1.807) is 5.56 Å². The van der Waals surface area contributed by atoms with Gasteiger partial charge in [0, 0.05) is 6.04 Å². The van der Waals surface area contributed by atoms with Crippen LogP contribution >= 0.6 is 0 Å². The molecule has 2 unspecified atom stereocenters. The molecule has 1 fully saturated rings. The van der Waals surface area contributed by atoms with E-state index in [1.165, 1.54) is 18.4 Å². The zero-order valence-corrected chi connectivity index (χ0v) is 11.6. The highest BCUT2D eigenvalue weighted by atomic mass is 15.0. The number of nitrogens with one attached hydrogen (secondary N) is 1. The van der Waals surface area contributed by atoms with Crippen molar-refractivity contribution in [2.24, 2.45) is 5.41 Å². The van der Waals surface area contributed by atoms with Gasteiger partial charge in [-0.15, -0.1) is 0 Å². The Morgan fingerprint density at radius 1 is 1.29 bits per heavy atom. The van der Waals surface area contributed by atoms with Gasteiger partial charge in [-0.3, -0.25) is 0 Å². The summed E-state index contributed by atoms with van der Waals surface area (Å²) in [7, 11) is 0. The van der Waals surface area contributed by atoms with Crippen molar-refractivity contribution in [3.05, 3.63) is 35.4 Å². The van der Waals surface area contributed by atoms with Crippen LogP contribution in [0, 0.1) is 12.3 Å². The normalized spacial score (nSPS) is 26.6. The predicted molar refractivity (Wildman–Crippen MR) is 74.4 cm³/mol. The smallest absolute Gasteiger partial charge is 0.0130 e. The molecule has 1 saturated carbocycles. The third-order valence-corrected chi connectivity index (χ3v) is 4.47. The third-order valence-electron chi connectivity index (χ3n) is 4.47. The number of hydrogen-bond donors (Lipinski definition) is 1. The lowest BCUT2D eigenvalue weighted by atomic mass is 9.56. The minimum Gasteiger partial charge on any atom is -0.313 e. The topological polar surface area (TPSA) is 12.0 Å². The first-order chi connectivity index (χ1) is 8.07. The van der Waals surface area contributed by atoms with E-state index >= 15 is 0 Å². The van der Waals surface area contributed by atoms with Gasteiger partial charge >= 0.3 is 0 Å². The average molecular weight is 231 g/mol. The van der Waals surface area contributed by atoms with Crippen molar-refractivity contribution in [2.45, 2.75) is 52.5 Å². The number of rotatable bonds is 4. The Balaban J connectivity index is 2.09. The Labute approximate surface area is 106 Å². The van der Waals surface area contributed by atoms with Gasteiger partial charge in [0.2, 0.25) is 0 Å². The van der Waals surface area contributed by atoms with E-state index in [4.69, 9.17) is 0 Å².